The Balaban J connectivity index is 4.51. The zero-order valence-corrected chi connectivity index (χ0v) is 28.7. The van der Waals surface area contributed by atoms with Crippen LogP contribution in [0.3, 0.4) is 0 Å². The number of quaternary nitrogens is 1. The highest BCUT2D eigenvalue weighted by molar-refractivity contribution is 7.47. The second kappa shape index (κ2) is 26.9. The number of carbonyl (C=O) groups excluding carboxylic acids is 2. The minimum absolute atomic E-state index is 0.0273. The summed E-state index contributed by atoms with van der Waals surface area (Å²) in [5.41, 5.74) is 0. The number of unbranched alkanes of at least 4 members (excludes halogenated alkanes) is 13. The van der Waals surface area contributed by atoms with Gasteiger partial charge in [-0.2, -0.15) is 0 Å². The maximum Gasteiger partial charge on any atom is 0.472 e. The molecule has 10 heteroatoms. The molecule has 0 fully saturated rings. The number of esters is 2. The SMILES string of the molecule is C=CCCCCCCCC(=O)OC[C@H](COP(=O)(O)OCC[N+](C)(C)C)OC(=O)CCCCCCC/C=C/CCCCC. The highest BCUT2D eigenvalue weighted by atomic mass is 31.2. The topological polar surface area (TPSA) is 108 Å². The van der Waals surface area contributed by atoms with Crippen molar-refractivity contribution in [2.24, 2.45) is 0 Å². The Bertz CT molecular complexity index is 796. The van der Waals surface area contributed by atoms with Crippen LogP contribution in [0.4, 0.5) is 0 Å². The van der Waals surface area contributed by atoms with Crippen LogP contribution < -0.4 is 0 Å². The Morgan fingerprint density at radius 2 is 1.30 bits per heavy atom. The van der Waals surface area contributed by atoms with Crippen LogP contribution in [0.1, 0.15) is 122 Å². The van der Waals surface area contributed by atoms with Crippen LogP contribution in [0.15, 0.2) is 24.8 Å². The maximum atomic E-state index is 12.5. The monoisotopic (exact) mass is 632 g/mol. The number of rotatable bonds is 30. The lowest BCUT2D eigenvalue weighted by Gasteiger charge is -2.24. The highest BCUT2D eigenvalue weighted by Crippen LogP contribution is 2.43. The van der Waals surface area contributed by atoms with Gasteiger partial charge in [-0.05, 0) is 51.4 Å². The largest absolute Gasteiger partial charge is 0.472 e. The van der Waals surface area contributed by atoms with Crippen LogP contribution in [-0.4, -0.2) is 74.9 Å². The molecular formula is C33H63NO8P+. The number of carbonyl (C=O) groups is 2. The molecule has 0 aliphatic carbocycles. The molecule has 0 saturated heterocycles. The second-order valence-corrected chi connectivity index (χ2v) is 13.7. The van der Waals surface area contributed by atoms with Crippen LogP contribution >= 0.6 is 7.82 Å². The maximum absolute atomic E-state index is 12.5. The number of nitrogens with zero attached hydrogens (tertiary/aromatic N) is 1. The van der Waals surface area contributed by atoms with Gasteiger partial charge in [0.15, 0.2) is 6.10 Å². The molecule has 1 N–H and O–H groups in total. The molecule has 0 radical (unpaired) electrons. The first-order valence-electron chi connectivity index (χ1n) is 16.5. The average molecular weight is 633 g/mol. The molecule has 0 spiro atoms. The third kappa shape index (κ3) is 30.3. The van der Waals surface area contributed by atoms with Crippen molar-refractivity contribution >= 4 is 19.8 Å². The Labute approximate surface area is 262 Å². The molecular weight excluding hydrogens is 569 g/mol. The van der Waals surface area contributed by atoms with Crippen LogP contribution in [0, 0.1) is 0 Å². The first kappa shape index (κ1) is 41.5. The third-order valence-electron chi connectivity index (χ3n) is 6.85. The number of ether oxygens (including phenoxy) is 2. The number of phosphoric acid groups is 1. The van der Waals surface area contributed by atoms with Crippen LogP contribution in [0.25, 0.3) is 0 Å². The fraction of sp³-hybridized carbons (Fsp3) is 0.818. The fourth-order valence-electron chi connectivity index (χ4n) is 4.16. The molecule has 9 nitrogen and oxygen atoms in total. The summed E-state index contributed by atoms with van der Waals surface area (Å²) in [5.74, 6) is -0.841. The molecule has 0 rings (SSSR count). The summed E-state index contributed by atoms with van der Waals surface area (Å²) in [6.07, 6.45) is 22.9. The first-order valence-corrected chi connectivity index (χ1v) is 18.0. The molecule has 0 aliphatic heterocycles. The van der Waals surface area contributed by atoms with Gasteiger partial charge in [-0.1, -0.05) is 76.5 Å². The molecule has 252 valence electrons. The van der Waals surface area contributed by atoms with Gasteiger partial charge in [-0.3, -0.25) is 18.6 Å². The summed E-state index contributed by atoms with van der Waals surface area (Å²) >= 11 is 0. The van der Waals surface area contributed by atoms with E-state index in [4.69, 9.17) is 18.5 Å². The van der Waals surface area contributed by atoms with Gasteiger partial charge in [0.05, 0.1) is 27.7 Å². The predicted molar refractivity (Wildman–Crippen MR) is 174 cm³/mol. The molecule has 2 atom stereocenters. The first-order chi connectivity index (χ1) is 20.5. The van der Waals surface area contributed by atoms with E-state index < -0.39 is 32.5 Å². The smallest absolute Gasteiger partial charge is 0.462 e. The van der Waals surface area contributed by atoms with Gasteiger partial charge < -0.3 is 18.9 Å². The Hall–Kier alpha value is -1.51. The molecule has 1 unspecified atom stereocenters. The number of hydrogen-bond donors (Lipinski definition) is 1. The Kier molecular flexibility index (Phi) is 25.9. The summed E-state index contributed by atoms with van der Waals surface area (Å²) in [6.45, 7) is 5.82. The van der Waals surface area contributed by atoms with Crippen molar-refractivity contribution in [3.8, 4) is 0 Å². The minimum atomic E-state index is -4.36. The molecule has 0 heterocycles. The predicted octanol–water partition coefficient (Wildman–Crippen LogP) is 8.07. The number of likely N-dealkylation sites (N-methyl/N-ethyl adjacent to an activating group) is 1. The lowest BCUT2D eigenvalue weighted by Crippen LogP contribution is -2.37. The second-order valence-electron chi connectivity index (χ2n) is 12.3. The molecule has 0 aromatic rings. The van der Waals surface area contributed by atoms with Gasteiger partial charge >= 0.3 is 19.8 Å². The number of hydrogen-bond acceptors (Lipinski definition) is 7. The van der Waals surface area contributed by atoms with E-state index in [0.717, 1.165) is 77.0 Å². The van der Waals surface area contributed by atoms with Gasteiger partial charge in [-0.15, -0.1) is 6.58 Å². The standard InChI is InChI=1S/C33H62NO8P/c1-6-8-10-12-14-15-16-17-18-20-22-24-26-33(36)42-31(30-41-43(37,38)40-28-27-34(3,4)5)29-39-32(35)25-23-21-19-13-11-9-7-2/h7,14-15,31H,2,6,8-13,16-30H2,1,3-5H3/p+1/b15-14+/t31-/m1/s1. The van der Waals surface area contributed by atoms with Gasteiger partial charge in [0.2, 0.25) is 0 Å². The summed E-state index contributed by atoms with van der Waals surface area (Å²) in [5, 5.41) is 0. The summed E-state index contributed by atoms with van der Waals surface area (Å²) in [7, 11) is 1.45. The summed E-state index contributed by atoms with van der Waals surface area (Å²) < 4.78 is 33.9. The lowest BCUT2D eigenvalue weighted by atomic mass is 10.1. The van der Waals surface area contributed by atoms with Gasteiger partial charge in [0.1, 0.15) is 19.8 Å². The highest BCUT2D eigenvalue weighted by Gasteiger charge is 2.27. The quantitative estimate of drug-likeness (QED) is 0.0279. The van der Waals surface area contributed by atoms with E-state index in [9.17, 15) is 19.0 Å². The van der Waals surface area contributed by atoms with Crippen molar-refractivity contribution in [2.75, 3.05) is 47.5 Å². The molecule has 0 amide bonds. The zero-order valence-electron chi connectivity index (χ0n) is 27.8. The molecule has 0 aromatic carbocycles. The minimum Gasteiger partial charge on any atom is -0.462 e. The molecule has 43 heavy (non-hydrogen) atoms. The van der Waals surface area contributed by atoms with Gasteiger partial charge in [0.25, 0.3) is 0 Å². The van der Waals surface area contributed by atoms with Crippen molar-refractivity contribution in [3.63, 3.8) is 0 Å². The third-order valence-corrected chi connectivity index (χ3v) is 7.83. The van der Waals surface area contributed by atoms with Crippen molar-refractivity contribution in [2.45, 2.75) is 129 Å². The molecule has 0 aromatic heterocycles. The van der Waals surface area contributed by atoms with Crippen LogP contribution in [0.2, 0.25) is 0 Å². The van der Waals surface area contributed by atoms with E-state index in [-0.39, 0.29) is 26.1 Å². The van der Waals surface area contributed by atoms with Crippen LogP contribution in [0.5, 0.6) is 0 Å². The number of phosphoric ester groups is 1. The van der Waals surface area contributed by atoms with Crippen molar-refractivity contribution < 1.29 is 42.1 Å². The molecule has 0 aliphatic rings. The normalized spacial score (nSPS) is 14.0. The average Bonchev–Trinajstić information content (AvgIpc) is 2.93. The molecule has 0 bridgehead atoms. The Morgan fingerprint density at radius 1 is 0.767 bits per heavy atom. The lowest BCUT2D eigenvalue weighted by molar-refractivity contribution is -0.870. The van der Waals surface area contributed by atoms with Crippen LogP contribution in [-0.2, 0) is 32.7 Å². The van der Waals surface area contributed by atoms with E-state index >= 15 is 0 Å². The van der Waals surface area contributed by atoms with E-state index in [0.29, 0.717) is 17.4 Å². The van der Waals surface area contributed by atoms with E-state index in [2.05, 4.69) is 25.7 Å². The van der Waals surface area contributed by atoms with Crippen molar-refractivity contribution in [1.82, 2.24) is 0 Å². The van der Waals surface area contributed by atoms with E-state index in [1.165, 1.54) is 19.3 Å². The van der Waals surface area contributed by atoms with Gasteiger partial charge in [-0.25, -0.2) is 4.57 Å². The Morgan fingerprint density at radius 3 is 1.88 bits per heavy atom. The van der Waals surface area contributed by atoms with Crippen molar-refractivity contribution in [3.05, 3.63) is 24.8 Å². The molecule has 0 saturated carbocycles. The van der Waals surface area contributed by atoms with E-state index in [1.54, 1.807) is 0 Å². The van der Waals surface area contributed by atoms with E-state index in [1.807, 2.05) is 27.2 Å². The fourth-order valence-corrected chi connectivity index (χ4v) is 4.90. The number of allylic oxidation sites excluding steroid dienone is 3. The van der Waals surface area contributed by atoms with Crippen molar-refractivity contribution in [1.29, 1.82) is 0 Å². The summed E-state index contributed by atoms with van der Waals surface area (Å²) in [4.78, 5) is 34.8. The zero-order chi connectivity index (χ0) is 32.2. The van der Waals surface area contributed by atoms with Gasteiger partial charge in [0, 0.05) is 12.8 Å². The summed E-state index contributed by atoms with van der Waals surface area (Å²) in [6, 6.07) is 0.